The number of nitrogens with one attached hydrogen (secondary N) is 1. The van der Waals surface area contributed by atoms with Crippen LogP contribution in [0.1, 0.15) is 33.6 Å². The highest BCUT2D eigenvalue weighted by molar-refractivity contribution is 6.27. The van der Waals surface area contributed by atoms with Crippen molar-refractivity contribution in [2.75, 3.05) is 19.8 Å². The zero-order chi connectivity index (χ0) is 16.5. The Morgan fingerprint density at radius 3 is 2.19 bits per heavy atom. The summed E-state index contributed by atoms with van der Waals surface area (Å²) < 4.78 is 10.5. The van der Waals surface area contributed by atoms with Crippen LogP contribution in [0.25, 0.3) is 0 Å². The molecule has 0 aromatic carbocycles. The summed E-state index contributed by atoms with van der Waals surface area (Å²) in [7, 11) is 0. The lowest BCUT2D eigenvalue weighted by molar-refractivity contribution is -0.159. The Balaban J connectivity index is 0.000000567. The molecule has 0 unspecified atom stereocenters. The summed E-state index contributed by atoms with van der Waals surface area (Å²) in [5.74, 6) is -3.78. The number of carboxylic acids is 2. The van der Waals surface area contributed by atoms with Crippen LogP contribution in [0.15, 0.2) is 0 Å². The quantitative estimate of drug-likeness (QED) is 0.501. The highest BCUT2D eigenvalue weighted by Gasteiger charge is 2.19. The topological polar surface area (TPSA) is 122 Å². The van der Waals surface area contributed by atoms with Gasteiger partial charge >= 0.3 is 17.9 Å². The number of carbonyl (C=O) groups is 3. The molecule has 1 aliphatic heterocycles. The zero-order valence-electron chi connectivity index (χ0n) is 12.5. The SMILES string of the molecule is CC(C)(C)OC(=O)CC[C@H]1COCCN1.O=C(O)C(=O)O. The second kappa shape index (κ2) is 9.30. The van der Waals surface area contributed by atoms with Crippen molar-refractivity contribution in [3.8, 4) is 0 Å². The molecule has 0 aliphatic carbocycles. The molecule has 8 heteroatoms. The number of ether oxygens (including phenoxy) is 2. The van der Waals surface area contributed by atoms with Gasteiger partial charge in [-0.05, 0) is 27.2 Å². The van der Waals surface area contributed by atoms with Crippen LogP contribution >= 0.6 is 0 Å². The molecule has 0 amide bonds. The molecule has 3 N–H and O–H groups in total. The lowest BCUT2D eigenvalue weighted by atomic mass is 10.1. The van der Waals surface area contributed by atoms with Gasteiger partial charge in [0.25, 0.3) is 0 Å². The van der Waals surface area contributed by atoms with Crippen molar-refractivity contribution in [2.45, 2.75) is 45.3 Å². The van der Waals surface area contributed by atoms with Gasteiger partial charge in [-0.1, -0.05) is 0 Å². The molecule has 1 saturated heterocycles. The summed E-state index contributed by atoms with van der Waals surface area (Å²) >= 11 is 0. The van der Waals surface area contributed by atoms with Crippen LogP contribution in [0.2, 0.25) is 0 Å². The van der Waals surface area contributed by atoms with Crippen LogP contribution in [0, 0.1) is 0 Å². The van der Waals surface area contributed by atoms with E-state index >= 15 is 0 Å². The summed E-state index contributed by atoms with van der Waals surface area (Å²) in [5, 5.41) is 18.1. The molecule has 0 spiro atoms. The van der Waals surface area contributed by atoms with Gasteiger partial charge in [-0.3, -0.25) is 4.79 Å². The lowest BCUT2D eigenvalue weighted by Crippen LogP contribution is -2.41. The summed E-state index contributed by atoms with van der Waals surface area (Å²) in [5.41, 5.74) is -0.381. The largest absolute Gasteiger partial charge is 0.473 e. The average Bonchev–Trinajstić information content (AvgIpc) is 2.36. The molecule has 0 radical (unpaired) electrons. The second-order valence-electron chi connectivity index (χ2n) is 5.46. The van der Waals surface area contributed by atoms with Crippen molar-refractivity contribution in [1.82, 2.24) is 5.32 Å². The van der Waals surface area contributed by atoms with Crippen molar-refractivity contribution in [2.24, 2.45) is 0 Å². The van der Waals surface area contributed by atoms with Crippen LogP contribution in [-0.2, 0) is 23.9 Å². The minimum Gasteiger partial charge on any atom is -0.473 e. The van der Waals surface area contributed by atoms with E-state index in [2.05, 4.69) is 5.32 Å². The van der Waals surface area contributed by atoms with E-state index in [0.717, 1.165) is 19.6 Å². The summed E-state index contributed by atoms with van der Waals surface area (Å²) in [6.45, 7) is 7.98. The molecule has 0 bridgehead atoms. The molecule has 1 rings (SSSR count). The van der Waals surface area contributed by atoms with E-state index in [4.69, 9.17) is 29.3 Å². The van der Waals surface area contributed by atoms with Gasteiger partial charge in [0.05, 0.1) is 13.2 Å². The number of rotatable bonds is 3. The number of carboxylic acid groups (broad SMARTS) is 2. The van der Waals surface area contributed by atoms with E-state index in [1.807, 2.05) is 20.8 Å². The van der Waals surface area contributed by atoms with Crippen molar-refractivity contribution in [1.29, 1.82) is 0 Å². The highest BCUT2D eigenvalue weighted by Crippen LogP contribution is 2.10. The summed E-state index contributed by atoms with van der Waals surface area (Å²) in [4.78, 5) is 29.6. The molecular formula is C13H23NO7. The van der Waals surface area contributed by atoms with Crippen molar-refractivity contribution in [3.05, 3.63) is 0 Å². The summed E-state index contributed by atoms with van der Waals surface area (Å²) in [6, 6.07) is 0.297. The number of morpholine rings is 1. The monoisotopic (exact) mass is 305 g/mol. The number of carbonyl (C=O) groups excluding carboxylic acids is 1. The normalized spacial score (nSPS) is 18.1. The zero-order valence-corrected chi connectivity index (χ0v) is 12.5. The fourth-order valence-corrected chi connectivity index (χ4v) is 1.49. The maximum absolute atomic E-state index is 11.4. The Labute approximate surface area is 123 Å². The Morgan fingerprint density at radius 2 is 1.81 bits per heavy atom. The van der Waals surface area contributed by atoms with E-state index in [9.17, 15) is 4.79 Å². The third kappa shape index (κ3) is 11.8. The highest BCUT2D eigenvalue weighted by atomic mass is 16.6. The third-order valence-electron chi connectivity index (χ3n) is 2.30. The smallest absolute Gasteiger partial charge is 0.414 e. The van der Waals surface area contributed by atoms with Crippen molar-refractivity contribution in [3.63, 3.8) is 0 Å². The average molecular weight is 305 g/mol. The molecule has 0 aromatic heterocycles. The number of hydrogen-bond donors (Lipinski definition) is 3. The standard InChI is InChI=1S/C11H21NO3.C2H2O4/c1-11(2,3)15-10(13)5-4-9-8-14-7-6-12-9;3-1(4)2(5)6/h9,12H,4-8H2,1-3H3;(H,3,4)(H,5,6)/t9-;/m0./s1. The van der Waals surface area contributed by atoms with Gasteiger partial charge < -0.3 is 25.0 Å². The van der Waals surface area contributed by atoms with Crippen molar-refractivity contribution < 1.29 is 34.1 Å². The van der Waals surface area contributed by atoms with Crippen molar-refractivity contribution >= 4 is 17.9 Å². The molecule has 1 atom stereocenters. The number of esters is 1. The van der Waals surface area contributed by atoms with Crippen LogP contribution in [0.5, 0.6) is 0 Å². The first-order chi connectivity index (χ1) is 9.61. The molecule has 8 nitrogen and oxygen atoms in total. The minimum absolute atomic E-state index is 0.130. The molecule has 122 valence electrons. The first-order valence-electron chi connectivity index (χ1n) is 6.61. The van der Waals surface area contributed by atoms with Gasteiger partial charge in [-0.15, -0.1) is 0 Å². The van der Waals surface area contributed by atoms with Gasteiger partial charge in [-0.2, -0.15) is 0 Å². The third-order valence-corrected chi connectivity index (χ3v) is 2.30. The van der Waals surface area contributed by atoms with E-state index < -0.39 is 11.9 Å². The predicted octanol–water partition coefficient (Wildman–Crippen LogP) is 0.252. The Kier molecular flexibility index (Phi) is 8.56. The van der Waals surface area contributed by atoms with E-state index in [-0.39, 0.29) is 11.6 Å². The van der Waals surface area contributed by atoms with E-state index in [1.165, 1.54) is 0 Å². The van der Waals surface area contributed by atoms with Gasteiger partial charge in [0.2, 0.25) is 0 Å². The summed E-state index contributed by atoms with van der Waals surface area (Å²) in [6.07, 6.45) is 1.24. The maximum Gasteiger partial charge on any atom is 0.414 e. The molecule has 0 saturated carbocycles. The van der Waals surface area contributed by atoms with Crippen LogP contribution < -0.4 is 5.32 Å². The van der Waals surface area contributed by atoms with E-state index in [1.54, 1.807) is 0 Å². The minimum atomic E-state index is -1.82. The fourth-order valence-electron chi connectivity index (χ4n) is 1.49. The molecule has 1 aliphatic rings. The maximum atomic E-state index is 11.4. The van der Waals surface area contributed by atoms with E-state index in [0.29, 0.717) is 19.1 Å². The first-order valence-corrected chi connectivity index (χ1v) is 6.61. The molecule has 1 fully saturated rings. The number of aliphatic carboxylic acids is 2. The molecule has 21 heavy (non-hydrogen) atoms. The molecular weight excluding hydrogens is 282 g/mol. The Morgan fingerprint density at radius 1 is 1.24 bits per heavy atom. The van der Waals surface area contributed by atoms with Crippen LogP contribution in [0.4, 0.5) is 0 Å². The van der Waals surface area contributed by atoms with Gasteiger partial charge in [0.1, 0.15) is 5.60 Å². The lowest BCUT2D eigenvalue weighted by Gasteiger charge is -2.24. The fraction of sp³-hybridized carbons (Fsp3) is 0.769. The second-order valence-corrected chi connectivity index (χ2v) is 5.46. The molecule has 1 heterocycles. The Hall–Kier alpha value is -1.67. The van der Waals surface area contributed by atoms with Crippen LogP contribution in [0.3, 0.4) is 0 Å². The number of hydrogen-bond acceptors (Lipinski definition) is 6. The van der Waals surface area contributed by atoms with Gasteiger partial charge in [0, 0.05) is 19.0 Å². The van der Waals surface area contributed by atoms with Crippen LogP contribution in [-0.4, -0.2) is 59.5 Å². The first kappa shape index (κ1) is 19.3. The predicted molar refractivity (Wildman–Crippen MR) is 73.0 cm³/mol. The van der Waals surface area contributed by atoms with Gasteiger partial charge in [-0.25, -0.2) is 9.59 Å². The van der Waals surface area contributed by atoms with Gasteiger partial charge in [0.15, 0.2) is 0 Å². The molecule has 0 aromatic rings. The Bertz CT molecular complexity index is 344.